The lowest BCUT2D eigenvalue weighted by atomic mass is 10.1. The zero-order valence-corrected chi connectivity index (χ0v) is 20.3. The largest absolute Gasteiger partial charge is 0.444 e. The maximum atomic E-state index is 13.1. The molecule has 166 valence electrons. The number of aromatic nitrogens is 3. The molecule has 0 bridgehead atoms. The Morgan fingerprint density at radius 3 is 2.33 bits per heavy atom. The fourth-order valence-corrected chi connectivity index (χ4v) is 3.38. The van der Waals surface area contributed by atoms with Gasteiger partial charge in [-0.1, -0.05) is 27.2 Å². The number of carbonyl (C=O) groups is 1. The van der Waals surface area contributed by atoms with Gasteiger partial charge < -0.3 is 19.5 Å². The maximum absolute atomic E-state index is 13.1. The summed E-state index contributed by atoms with van der Waals surface area (Å²) < 4.78 is 5.95. The third kappa shape index (κ3) is 5.93. The summed E-state index contributed by atoms with van der Waals surface area (Å²) in [6.07, 6.45) is 3.17. The summed E-state index contributed by atoms with van der Waals surface area (Å²) in [5, 5.41) is 0. The Kier molecular flexibility index (Phi) is 8.23. The molecule has 1 amide bonds. The molecule has 0 atom stereocenters. The third-order valence-corrected chi connectivity index (χ3v) is 4.71. The lowest BCUT2D eigenvalue weighted by Gasteiger charge is -2.37. The molecule has 3 heterocycles. The van der Waals surface area contributed by atoms with Crippen LogP contribution in [0.15, 0.2) is 15.6 Å². The zero-order valence-electron chi connectivity index (χ0n) is 18.7. The van der Waals surface area contributed by atoms with Gasteiger partial charge in [-0.15, -0.1) is 0 Å². The second-order valence-corrected chi connectivity index (χ2v) is 9.00. The molecule has 2 aromatic heterocycles. The van der Waals surface area contributed by atoms with Crippen LogP contribution in [0.3, 0.4) is 0 Å². The normalized spacial score (nSPS) is 14.4. The van der Waals surface area contributed by atoms with Gasteiger partial charge in [0.15, 0.2) is 11.2 Å². The van der Waals surface area contributed by atoms with Crippen LogP contribution >= 0.6 is 15.9 Å². The lowest BCUT2D eigenvalue weighted by molar-refractivity contribution is 0.0240. The Balaban J connectivity index is 0.00000101. The molecule has 2 aromatic rings. The number of halogens is 1. The molecule has 0 saturated carbocycles. The van der Waals surface area contributed by atoms with Crippen molar-refractivity contribution in [2.75, 3.05) is 31.1 Å². The van der Waals surface area contributed by atoms with Crippen molar-refractivity contribution in [3.63, 3.8) is 0 Å². The van der Waals surface area contributed by atoms with Crippen LogP contribution in [0.5, 0.6) is 0 Å². The van der Waals surface area contributed by atoms with Crippen LogP contribution < -0.4 is 10.3 Å². The van der Waals surface area contributed by atoms with Crippen molar-refractivity contribution in [3.8, 4) is 0 Å². The molecular formula is C21H32BrN5O3. The number of H-pyrrole nitrogens is 1. The minimum atomic E-state index is -0.523. The van der Waals surface area contributed by atoms with Crippen LogP contribution in [0.25, 0.3) is 11.2 Å². The quantitative estimate of drug-likeness (QED) is 0.693. The molecule has 1 fully saturated rings. The highest BCUT2D eigenvalue weighted by Crippen LogP contribution is 2.21. The Morgan fingerprint density at radius 2 is 1.80 bits per heavy atom. The average Bonchev–Trinajstić information content (AvgIpc) is 2.68. The highest BCUT2D eigenvalue weighted by Gasteiger charge is 2.28. The number of nitrogens with one attached hydrogen (secondary N) is 1. The van der Waals surface area contributed by atoms with Crippen LogP contribution in [0.4, 0.5) is 10.5 Å². The van der Waals surface area contributed by atoms with Gasteiger partial charge in [0.25, 0.3) is 0 Å². The molecule has 30 heavy (non-hydrogen) atoms. The summed E-state index contributed by atoms with van der Waals surface area (Å²) in [7, 11) is 0. The number of aromatic amines is 1. The van der Waals surface area contributed by atoms with Gasteiger partial charge in [0, 0.05) is 31.9 Å². The Hall–Kier alpha value is -2.16. The number of hydrogen-bond acceptors (Lipinski definition) is 6. The summed E-state index contributed by atoms with van der Waals surface area (Å²) in [6.45, 7) is 13.9. The van der Waals surface area contributed by atoms with E-state index in [4.69, 9.17) is 4.74 Å². The van der Waals surface area contributed by atoms with E-state index in [0.717, 1.165) is 5.69 Å². The van der Waals surface area contributed by atoms with Crippen molar-refractivity contribution in [2.45, 2.75) is 60.0 Å². The first-order valence-corrected chi connectivity index (χ1v) is 11.2. The topological polar surface area (TPSA) is 91.4 Å². The number of ether oxygens (including phenoxy) is 1. The van der Waals surface area contributed by atoms with Crippen molar-refractivity contribution < 1.29 is 9.53 Å². The highest BCUT2D eigenvalue weighted by molar-refractivity contribution is 9.10. The first-order chi connectivity index (χ1) is 14.1. The number of rotatable bonds is 2. The molecule has 0 radical (unpaired) electrons. The second kappa shape index (κ2) is 10.2. The Bertz CT molecular complexity index is 931. The molecule has 3 rings (SSSR count). The Morgan fingerprint density at radius 1 is 1.20 bits per heavy atom. The van der Waals surface area contributed by atoms with Crippen molar-refractivity contribution in [3.05, 3.63) is 26.7 Å². The summed E-state index contributed by atoms with van der Waals surface area (Å²) in [6, 6.07) is 0. The fraction of sp³-hybridized carbons (Fsp3) is 0.619. The number of piperazine rings is 1. The number of carbonyl (C=O) groups excluding carboxylic acids is 1. The van der Waals surface area contributed by atoms with Crippen molar-refractivity contribution in [1.82, 2.24) is 19.9 Å². The van der Waals surface area contributed by atoms with Gasteiger partial charge in [0.05, 0.1) is 6.20 Å². The predicted octanol–water partition coefficient (Wildman–Crippen LogP) is 4.12. The monoisotopic (exact) mass is 481 g/mol. The minimum Gasteiger partial charge on any atom is -0.444 e. The first kappa shape index (κ1) is 24.1. The summed E-state index contributed by atoms with van der Waals surface area (Å²) in [5.41, 5.74) is 1.57. The molecule has 8 nitrogen and oxygen atoms in total. The molecule has 1 saturated heterocycles. The number of anilines is 1. The number of amides is 1. The van der Waals surface area contributed by atoms with E-state index in [1.54, 1.807) is 11.1 Å². The first-order valence-electron chi connectivity index (χ1n) is 10.4. The van der Waals surface area contributed by atoms with E-state index in [9.17, 15) is 9.59 Å². The van der Waals surface area contributed by atoms with Crippen molar-refractivity contribution in [2.24, 2.45) is 0 Å². The van der Waals surface area contributed by atoms with E-state index < -0.39 is 5.60 Å². The van der Waals surface area contributed by atoms with Gasteiger partial charge >= 0.3 is 6.09 Å². The van der Waals surface area contributed by atoms with Gasteiger partial charge in [0.1, 0.15) is 15.9 Å². The number of nitrogens with zero attached hydrogens (tertiary/aromatic N) is 4. The molecule has 1 N–H and O–H groups in total. The standard InChI is InChI=1S/C18H24BrN5O3.C3H8/c1-5-11-14(15(25)13-16(21-11)20-10-12(19)22-13)23-6-8-24(9-7-23)17(26)27-18(2,3)4;1-3-2/h10H,5-9H2,1-4H3,(H,20,21,25);3H2,1-2H3. The van der Waals surface area contributed by atoms with E-state index in [0.29, 0.717) is 54.1 Å². The van der Waals surface area contributed by atoms with E-state index in [2.05, 4.69) is 44.7 Å². The van der Waals surface area contributed by atoms with E-state index >= 15 is 0 Å². The molecule has 9 heteroatoms. The summed E-state index contributed by atoms with van der Waals surface area (Å²) in [5.74, 6) is 0. The van der Waals surface area contributed by atoms with Gasteiger partial charge in [-0.2, -0.15) is 0 Å². The molecule has 1 aliphatic heterocycles. The third-order valence-electron chi connectivity index (χ3n) is 4.33. The van der Waals surface area contributed by atoms with E-state index in [-0.39, 0.29) is 11.5 Å². The average molecular weight is 482 g/mol. The van der Waals surface area contributed by atoms with E-state index in [1.807, 2.05) is 32.6 Å². The molecule has 0 unspecified atom stereocenters. The van der Waals surface area contributed by atoms with Gasteiger partial charge in [0.2, 0.25) is 5.43 Å². The molecule has 0 aliphatic carbocycles. The van der Waals surface area contributed by atoms with Crippen LogP contribution in [0.2, 0.25) is 0 Å². The zero-order chi connectivity index (χ0) is 22.5. The van der Waals surface area contributed by atoms with Gasteiger partial charge in [-0.3, -0.25) is 4.79 Å². The lowest BCUT2D eigenvalue weighted by Crippen LogP contribution is -2.51. The van der Waals surface area contributed by atoms with Gasteiger partial charge in [-0.25, -0.2) is 14.8 Å². The van der Waals surface area contributed by atoms with Crippen LogP contribution in [0, 0.1) is 0 Å². The fourth-order valence-electron chi connectivity index (χ4n) is 3.10. The second-order valence-electron chi connectivity index (χ2n) is 8.19. The number of fused-ring (bicyclic) bond motifs is 1. The Labute approximate surface area is 186 Å². The minimum absolute atomic E-state index is 0.139. The SMILES string of the molecule is CCC.CCc1[nH]c2ncc(Br)nc2c(=O)c1N1CCN(C(=O)OC(C)(C)C)CC1. The van der Waals surface area contributed by atoms with Crippen LogP contribution in [-0.4, -0.2) is 57.7 Å². The number of hydrogen-bond donors (Lipinski definition) is 1. The molecular weight excluding hydrogens is 450 g/mol. The smallest absolute Gasteiger partial charge is 0.410 e. The van der Waals surface area contributed by atoms with Crippen LogP contribution in [-0.2, 0) is 11.2 Å². The van der Waals surface area contributed by atoms with Crippen molar-refractivity contribution >= 4 is 38.9 Å². The number of aryl methyl sites for hydroxylation is 1. The van der Waals surface area contributed by atoms with Crippen LogP contribution in [0.1, 0.15) is 53.7 Å². The molecule has 0 aromatic carbocycles. The predicted molar refractivity (Wildman–Crippen MR) is 123 cm³/mol. The highest BCUT2D eigenvalue weighted by atomic mass is 79.9. The summed E-state index contributed by atoms with van der Waals surface area (Å²) >= 11 is 3.27. The number of pyridine rings is 1. The molecule has 0 spiro atoms. The maximum Gasteiger partial charge on any atom is 0.410 e. The summed E-state index contributed by atoms with van der Waals surface area (Å²) in [4.78, 5) is 40.8. The van der Waals surface area contributed by atoms with Crippen molar-refractivity contribution in [1.29, 1.82) is 0 Å². The van der Waals surface area contributed by atoms with Gasteiger partial charge in [-0.05, 0) is 43.1 Å². The van der Waals surface area contributed by atoms with E-state index in [1.165, 1.54) is 6.42 Å². The molecule has 1 aliphatic rings.